The number of aryl methyl sites for hydroxylation is 1. The molecule has 84 valence electrons. The van der Waals surface area contributed by atoms with Crippen LogP contribution in [0.3, 0.4) is 0 Å². The maximum absolute atomic E-state index is 5.65. The van der Waals surface area contributed by atoms with Gasteiger partial charge in [0.1, 0.15) is 6.10 Å². The summed E-state index contributed by atoms with van der Waals surface area (Å²) in [4.78, 5) is 4.31. The monoisotopic (exact) mass is 211 g/mol. The maximum atomic E-state index is 5.65. The predicted molar refractivity (Wildman–Crippen MR) is 54.2 cm³/mol. The van der Waals surface area contributed by atoms with E-state index in [1.807, 2.05) is 6.92 Å². The molecule has 1 aromatic rings. The summed E-state index contributed by atoms with van der Waals surface area (Å²) in [5.74, 6) is 1.35. The molecule has 0 bridgehead atoms. The average Bonchev–Trinajstić information content (AvgIpc) is 2.85. The lowest BCUT2D eigenvalue weighted by atomic mass is 10.2. The normalized spacial score (nSPS) is 23.2. The van der Waals surface area contributed by atoms with E-state index in [-0.39, 0.29) is 12.1 Å². The molecule has 0 saturated carbocycles. The lowest BCUT2D eigenvalue weighted by molar-refractivity contribution is 0.103. The smallest absolute Gasteiger partial charge is 0.226 e. The Bertz CT molecular complexity index is 305. The van der Waals surface area contributed by atoms with Crippen molar-refractivity contribution in [2.75, 3.05) is 6.61 Å². The van der Waals surface area contributed by atoms with E-state index in [0.717, 1.165) is 32.3 Å². The maximum Gasteiger partial charge on any atom is 0.226 e. The Morgan fingerprint density at radius 1 is 1.60 bits per heavy atom. The molecule has 1 fully saturated rings. The van der Waals surface area contributed by atoms with Gasteiger partial charge >= 0.3 is 0 Å². The van der Waals surface area contributed by atoms with Crippen LogP contribution < -0.4 is 5.73 Å². The minimum absolute atomic E-state index is 0.0396. The van der Waals surface area contributed by atoms with Gasteiger partial charge in [0, 0.05) is 19.1 Å². The van der Waals surface area contributed by atoms with E-state index in [1.54, 1.807) is 0 Å². The number of ether oxygens (including phenoxy) is 1. The molecule has 2 N–H and O–H groups in total. The second-order valence-electron chi connectivity index (χ2n) is 4.06. The summed E-state index contributed by atoms with van der Waals surface area (Å²) in [5, 5.41) is 3.92. The van der Waals surface area contributed by atoms with Crippen molar-refractivity contribution in [2.24, 2.45) is 5.73 Å². The molecule has 2 atom stereocenters. The Hall–Kier alpha value is -0.940. The summed E-state index contributed by atoms with van der Waals surface area (Å²) in [6.07, 6.45) is 3.73. The fraction of sp³-hybridized carbons (Fsp3) is 0.800. The third-order valence-corrected chi connectivity index (χ3v) is 2.52. The molecule has 15 heavy (non-hydrogen) atoms. The van der Waals surface area contributed by atoms with Gasteiger partial charge in [0.25, 0.3) is 0 Å². The first kappa shape index (κ1) is 10.6. The third-order valence-electron chi connectivity index (χ3n) is 2.52. The van der Waals surface area contributed by atoms with Crippen LogP contribution in [0.2, 0.25) is 0 Å². The van der Waals surface area contributed by atoms with Crippen LogP contribution in [0.4, 0.5) is 0 Å². The largest absolute Gasteiger partial charge is 0.370 e. The SMILES string of the molecule is CC(N)CCc1nc(C2CCCO2)no1. The molecule has 1 aromatic heterocycles. The molecule has 1 aliphatic heterocycles. The van der Waals surface area contributed by atoms with E-state index in [0.29, 0.717) is 11.7 Å². The highest BCUT2D eigenvalue weighted by molar-refractivity contribution is 4.93. The zero-order valence-corrected chi connectivity index (χ0v) is 8.98. The summed E-state index contributed by atoms with van der Waals surface area (Å²) in [6, 6.07) is 0.170. The van der Waals surface area contributed by atoms with Gasteiger partial charge in [0.15, 0.2) is 0 Å². The number of rotatable bonds is 4. The van der Waals surface area contributed by atoms with Crippen molar-refractivity contribution < 1.29 is 9.26 Å². The number of nitrogens with two attached hydrogens (primary N) is 1. The molecule has 2 rings (SSSR count). The Morgan fingerprint density at radius 3 is 3.13 bits per heavy atom. The molecule has 5 nitrogen and oxygen atoms in total. The van der Waals surface area contributed by atoms with Gasteiger partial charge < -0.3 is 15.0 Å². The van der Waals surface area contributed by atoms with E-state index < -0.39 is 0 Å². The zero-order chi connectivity index (χ0) is 10.7. The molecule has 0 aliphatic carbocycles. The van der Waals surface area contributed by atoms with Gasteiger partial charge in [-0.2, -0.15) is 4.98 Å². The first-order chi connectivity index (χ1) is 7.25. The fourth-order valence-corrected chi connectivity index (χ4v) is 1.63. The second-order valence-corrected chi connectivity index (χ2v) is 4.06. The van der Waals surface area contributed by atoms with Gasteiger partial charge in [-0.05, 0) is 26.2 Å². The van der Waals surface area contributed by atoms with E-state index in [1.165, 1.54) is 0 Å². The second kappa shape index (κ2) is 4.72. The van der Waals surface area contributed by atoms with Crippen LogP contribution in [0.1, 0.15) is 44.0 Å². The molecule has 0 amide bonds. The first-order valence-electron chi connectivity index (χ1n) is 5.45. The van der Waals surface area contributed by atoms with Crippen LogP contribution in [-0.2, 0) is 11.2 Å². The lowest BCUT2D eigenvalue weighted by Gasteiger charge is -2.01. The molecule has 0 radical (unpaired) electrons. The Labute approximate surface area is 89.0 Å². The molecular formula is C10H17N3O2. The number of aromatic nitrogens is 2. The van der Waals surface area contributed by atoms with Crippen molar-refractivity contribution in [1.82, 2.24) is 10.1 Å². The van der Waals surface area contributed by atoms with Crippen molar-refractivity contribution in [3.05, 3.63) is 11.7 Å². The average molecular weight is 211 g/mol. The number of hydrogen-bond donors (Lipinski definition) is 1. The summed E-state index contributed by atoms with van der Waals surface area (Å²) in [5.41, 5.74) is 5.65. The van der Waals surface area contributed by atoms with Gasteiger partial charge in [-0.1, -0.05) is 5.16 Å². The molecule has 2 heterocycles. The van der Waals surface area contributed by atoms with Crippen LogP contribution >= 0.6 is 0 Å². The quantitative estimate of drug-likeness (QED) is 0.810. The van der Waals surface area contributed by atoms with Crippen LogP contribution in [-0.4, -0.2) is 22.8 Å². The standard InChI is InChI=1S/C10H17N3O2/c1-7(11)4-5-9-12-10(13-15-9)8-3-2-6-14-8/h7-8H,2-6,11H2,1H3. The Balaban J connectivity index is 1.91. The number of nitrogens with zero attached hydrogens (tertiary/aromatic N) is 2. The minimum atomic E-state index is 0.0396. The van der Waals surface area contributed by atoms with Gasteiger partial charge in [0.05, 0.1) is 0 Å². The van der Waals surface area contributed by atoms with Crippen molar-refractivity contribution >= 4 is 0 Å². The van der Waals surface area contributed by atoms with Crippen LogP contribution in [0.5, 0.6) is 0 Å². The van der Waals surface area contributed by atoms with Crippen molar-refractivity contribution in [2.45, 2.75) is 44.8 Å². The first-order valence-corrected chi connectivity index (χ1v) is 5.45. The van der Waals surface area contributed by atoms with E-state index in [9.17, 15) is 0 Å². The van der Waals surface area contributed by atoms with Gasteiger partial charge in [-0.25, -0.2) is 0 Å². The summed E-state index contributed by atoms with van der Waals surface area (Å²) < 4.78 is 10.6. The van der Waals surface area contributed by atoms with Crippen molar-refractivity contribution in [1.29, 1.82) is 0 Å². The van der Waals surface area contributed by atoms with E-state index in [2.05, 4.69) is 10.1 Å². The van der Waals surface area contributed by atoms with Gasteiger partial charge in [-0.15, -0.1) is 0 Å². The van der Waals surface area contributed by atoms with Crippen LogP contribution in [0, 0.1) is 0 Å². The zero-order valence-electron chi connectivity index (χ0n) is 8.98. The highest BCUT2D eigenvalue weighted by Crippen LogP contribution is 2.26. The highest BCUT2D eigenvalue weighted by atomic mass is 16.5. The number of hydrogen-bond acceptors (Lipinski definition) is 5. The van der Waals surface area contributed by atoms with Crippen molar-refractivity contribution in [3.8, 4) is 0 Å². The van der Waals surface area contributed by atoms with E-state index in [4.69, 9.17) is 15.0 Å². The molecule has 1 saturated heterocycles. The summed E-state index contributed by atoms with van der Waals surface area (Å²) in [7, 11) is 0. The van der Waals surface area contributed by atoms with Crippen LogP contribution in [0.15, 0.2) is 4.52 Å². The Kier molecular flexibility index (Phi) is 3.33. The summed E-state index contributed by atoms with van der Waals surface area (Å²) >= 11 is 0. The summed E-state index contributed by atoms with van der Waals surface area (Å²) in [6.45, 7) is 2.77. The lowest BCUT2D eigenvalue weighted by Crippen LogP contribution is -2.15. The van der Waals surface area contributed by atoms with E-state index >= 15 is 0 Å². The molecular weight excluding hydrogens is 194 g/mol. The van der Waals surface area contributed by atoms with Gasteiger partial charge in [0.2, 0.25) is 11.7 Å². The molecule has 0 aromatic carbocycles. The third kappa shape index (κ3) is 2.76. The molecule has 2 unspecified atom stereocenters. The molecule has 5 heteroatoms. The predicted octanol–water partition coefficient (Wildman–Crippen LogP) is 1.20. The van der Waals surface area contributed by atoms with Crippen LogP contribution in [0.25, 0.3) is 0 Å². The topological polar surface area (TPSA) is 74.2 Å². The molecule has 1 aliphatic rings. The Morgan fingerprint density at radius 2 is 2.47 bits per heavy atom. The van der Waals surface area contributed by atoms with Gasteiger partial charge in [-0.3, -0.25) is 0 Å². The highest BCUT2D eigenvalue weighted by Gasteiger charge is 2.22. The fourth-order valence-electron chi connectivity index (χ4n) is 1.63. The van der Waals surface area contributed by atoms with Crippen molar-refractivity contribution in [3.63, 3.8) is 0 Å². The minimum Gasteiger partial charge on any atom is -0.370 e. The molecule has 0 spiro atoms.